The number of rotatable bonds is 8. The third-order valence-electron chi connectivity index (χ3n) is 4.64. The first kappa shape index (κ1) is 20.4. The molecular formula is C20H32N2O4. The minimum Gasteiger partial charge on any atom is -0.490 e. The number of benzene rings is 1. The first-order chi connectivity index (χ1) is 12.5. The Balaban J connectivity index is 2.26. The predicted molar refractivity (Wildman–Crippen MR) is 103 cm³/mol. The van der Waals surface area contributed by atoms with Crippen LogP contribution in [0.25, 0.3) is 0 Å². The molecule has 1 aliphatic rings. The van der Waals surface area contributed by atoms with E-state index >= 15 is 0 Å². The summed E-state index contributed by atoms with van der Waals surface area (Å²) >= 11 is 0. The Bertz CT molecular complexity index is 568. The van der Waals surface area contributed by atoms with Crippen LogP contribution in [0.1, 0.15) is 44.0 Å². The largest absolute Gasteiger partial charge is 0.490 e. The van der Waals surface area contributed by atoms with Gasteiger partial charge in [0.15, 0.2) is 11.5 Å². The highest BCUT2D eigenvalue weighted by atomic mass is 16.5. The lowest BCUT2D eigenvalue weighted by atomic mass is 10.0. The minimum atomic E-state index is 0.0205. The van der Waals surface area contributed by atoms with Gasteiger partial charge in [0, 0.05) is 24.7 Å². The molecule has 0 spiro atoms. The van der Waals surface area contributed by atoms with E-state index in [0.717, 1.165) is 25.9 Å². The van der Waals surface area contributed by atoms with Crippen molar-refractivity contribution in [3.8, 4) is 17.2 Å². The summed E-state index contributed by atoms with van der Waals surface area (Å²) in [5.41, 5.74) is 0.587. The SMILES string of the molecule is CCOc1cc(C(=O)N2CCC(N(C)C)CC2)cc(OCC)c1OCC. The Hall–Kier alpha value is -1.95. The molecule has 0 unspecified atom stereocenters. The summed E-state index contributed by atoms with van der Waals surface area (Å²) in [6.07, 6.45) is 1.98. The Morgan fingerprint density at radius 1 is 1.00 bits per heavy atom. The van der Waals surface area contributed by atoms with E-state index in [0.29, 0.717) is 48.7 Å². The summed E-state index contributed by atoms with van der Waals surface area (Å²) in [6, 6.07) is 4.09. The maximum atomic E-state index is 13.0. The second kappa shape index (κ2) is 9.67. The molecule has 1 fully saturated rings. The van der Waals surface area contributed by atoms with Crippen molar-refractivity contribution >= 4 is 5.91 Å². The molecule has 1 heterocycles. The van der Waals surface area contributed by atoms with Crippen LogP contribution in [0.4, 0.5) is 0 Å². The summed E-state index contributed by atoms with van der Waals surface area (Å²) < 4.78 is 17.2. The molecule has 0 saturated carbocycles. The fourth-order valence-electron chi connectivity index (χ4n) is 3.28. The van der Waals surface area contributed by atoms with Crippen LogP contribution in [0.2, 0.25) is 0 Å². The predicted octanol–water partition coefficient (Wildman–Crippen LogP) is 3.05. The molecule has 1 saturated heterocycles. The highest BCUT2D eigenvalue weighted by Gasteiger charge is 2.26. The van der Waals surface area contributed by atoms with Gasteiger partial charge in [0.1, 0.15) is 0 Å². The first-order valence-electron chi connectivity index (χ1n) is 9.53. The Kier molecular flexibility index (Phi) is 7.57. The molecule has 0 aliphatic carbocycles. The average molecular weight is 364 g/mol. The van der Waals surface area contributed by atoms with Crippen LogP contribution in [-0.4, -0.2) is 68.8 Å². The van der Waals surface area contributed by atoms with Crippen LogP contribution in [0.3, 0.4) is 0 Å². The molecule has 0 radical (unpaired) electrons. The molecular weight excluding hydrogens is 332 g/mol. The highest BCUT2D eigenvalue weighted by molar-refractivity contribution is 5.95. The lowest BCUT2D eigenvalue weighted by Gasteiger charge is -2.35. The molecule has 1 amide bonds. The highest BCUT2D eigenvalue weighted by Crippen LogP contribution is 2.39. The number of ether oxygens (including phenoxy) is 3. The summed E-state index contributed by atoms with van der Waals surface area (Å²) in [7, 11) is 4.19. The molecule has 1 aromatic rings. The van der Waals surface area contributed by atoms with E-state index in [9.17, 15) is 4.79 Å². The van der Waals surface area contributed by atoms with Gasteiger partial charge < -0.3 is 24.0 Å². The number of carbonyl (C=O) groups is 1. The Morgan fingerprint density at radius 3 is 1.92 bits per heavy atom. The van der Waals surface area contributed by atoms with Gasteiger partial charge in [-0.3, -0.25) is 4.79 Å². The topological polar surface area (TPSA) is 51.2 Å². The van der Waals surface area contributed by atoms with Crippen LogP contribution < -0.4 is 14.2 Å². The molecule has 0 bridgehead atoms. The summed E-state index contributed by atoms with van der Waals surface area (Å²) in [6.45, 7) is 8.78. The first-order valence-corrected chi connectivity index (χ1v) is 9.53. The average Bonchev–Trinajstić information content (AvgIpc) is 2.64. The van der Waals surface area contributed by atoms with Crippen LogP contribution in [0, 0.1) is 0 Å². The van der Waals surface area contributed by atoms with Gasteiger partial charge in [-0.25, -0.2) is 0 Å². The molecule has 26 heavy (non-hydrogen) atoms. The van der Waals surface area contributed by atoms with Gasteiger partial charge in [-0.05, 0) is 59.8 Å². The van der Waals surface area contributed by atoms with Crippen LogP contribution in [-0.2, 0) is 0 Å². The van der Waals surface area contributed by atoms with E-state index in [4.69, 9.17) is 14.2 Å². The summed E-state index contributed by atoms with van der Waals surface area (Å²) in [5.74, 6) is 1.71. The van der Waals surface area contributed by atoms with Gasteiger partial charge >= 0.3 is 0 Å². The number of carbonyl (C=O) groups excluding carboxylic acids is 1. The molecule has 0 atom stereocenters. The molecule has 0 aromatic heterocycles. The van der Waals surface area contributed by atoms with E-state index in [1.807, 2.05) is 25.7 Å². The van der Waals surface area contributed by atoms with E-state index in [1.165, 1.54) is 0 Å². The fraction of sp³-hybridized carbons (Fsp3) is 0.650. The van der Waals surface area contributed by atoms with Gasteiger partial charge in [-0.1, -0.05) is 0 Å². The van der Waals surface area contributed by atoms with Crippen LogP contribution >= 0.6 is 0 Å². The summed E-state index contributed by atoms with van der Waals surface area (Å²) in [4.78, 5) is 17.2. The van der Waals surface area contributed by atoms with Crippen molar-refractivity contribution in [2.24, 2.45) is 0 Å². The van der Waals surface area contributed by atoms with E-state index in [-0.39, 0.29) is 5.91 Å². The molecule has 6 nitrogen and oxygen atoms in total. The zero-order valence-corrected chi connectivity index (χ0v) is 16.7. The van der Waals surface area contributed by atoms with Gasteiger partial charge in [-0.15, -0.1) is 0 Å². The van der Waals surface area contributed by atoms with E-state index < -0.39 is 0 Å². The van der Waals surface area contributed by atoms with Gasteiger partial charge in [-0.2, -0.15) is 0 Å². The number of piperidine rings is 1. The minimum absolute atomic E-state index is 0.0205. The molecule has 1 aromatic carbocycles. The van der Waals surface area contributed by atoms with Crippen molar-refractivity contribution in [2.45, 2.75) is 39.7 Å². The molecule has 146 valence electrons. The van der Waals surface area contributed by atoms with Crippen LogP contribution in [0.15, 0.2) is 12.1 Å². The lowest BCUT2D eigenvalue weighted by Crippen LogP contribution is -2.44. The van der Waals surface area contributed by atoms with Crippen molar-refractivity contribution in [3.63, 3.8) is 0 Å². The number of hydrogen-bond acceptors (Lipinski definition) is 5. The number of amides is 1. The monoisotopic (exact) mass is 364 g/mol. The fourth-order valence-corrected chi connectivity index (χ4v) is 3.28. The van der Waals surface area contributed by atoms with Gasteiger partial charge in [0.25, 0.3) is 5.91 Å². The van der Waals surface area contributed by atoms with Gasteiger partial charge in [0.05, 0.1) is 19.8 Å². The quantitative estimate of drug-likeness (QED) is 0.710. The molecule has 1 aliphatic heterocycles. The maximum absolute atomic E-state index is 13.0. The zero-order valence-electron chi connectivity index (χ0n) is 16.7. The zero-order chi connectivity index (χ0) is 19.1. The molecule has 2 rings (SSSR count). The number of likely N-dealkylation sites (tertiary alicyclic amines) is 1. The number of hydrogen-bond donors (Lipinski definition) is 0. The molecule has 6 heteroatoms. The molecule has 0 N–H and O–H groups in total. The lowest BCUT2D eigenvalue weighted by molar-refractivity contribution is 0.0662. The second-order valence-electron chi connectivity index (χ2n) is 6.59. The maximum Gasteiger partial charge on any atom is 0.254 e. The number of nitrogens with zero attached hydrogens (tertiary/aromatic N) is 2. The van der Waals surface area contributed by atoms with Crippen molar-refractivity contribution < 1.29 is 19.0 Å². The Morgan fingerprint density at radius 2 is 1.50 bits per heavy atom. The third-order valence-corrected chi connectivity index (χ3v) is 4.64. The van der Waals surface area contributed by atoms with E-state index in [2.05, 4.69) is 19.0 Å². The standard InChI is InChI=1S/C20H32N2O4/c1-6-24-17-13-15(14-18(25-7-2)19(17)26-8-3)20(23)22-11-9-16(10-12-22)21(4)5/h13-14,16H,6-12H2,1-5H3. The van der Waals surface area contributed by atoms with Crippen molar-refractivity contribution in [1.29, 1.82) is 0 Å². The smallest absolute Gasteiger partial charge is 0.254 e. The third kappa shape index (κ3) is 4.81. The Labute approximate surface area is 157 Å². The second-order valence-corrected chi connectivity index (χ2v) is 6.59. The van der Waals surface area contributed by atoms with Gasteiger partial charge in [0.2, 0.25) is 5.75 Å². The van der Waals surface area contributed by atoms with Crippen molar-refractivity contribution in [2.75, 3.05) is 47.0 Å². The van der Waals surface area contributed by atoms with E-state index in [1.54, 1.807) is 12.1 Å². The van der Waals surface area contributed by atoms with Crippen molar-refractivity contribution in [3.05, 3.63) is 17.7 Å². The summed E-state index contributed by atoms with van der Waals surface area (Å²) in [5, 5.41) is 0. The van der Waals surface area contributed by atoms with Crippen LogP contribution in [0.5, 0.6) is 17.2 Å². The van der Waals surface area contributed by atoms with Crippen molar-refractivity contribution in [1.82, 2.24) is 9.80 Å². The normalized spacial score (nSPS) is 15.2.